The molecule has 0 radical (unpaired) electrons. The predicted molar refractivity (Wildman–Crippen MR) is 164 cm³/mol. The molecule has 2 unspecified atom stereocenters. The summed E-state index contributed by atoms with van der Waals surface area (Å²) in [7, 11) is 1.39. The highest BCUT2D eigenvalue weighted by Crippen LogP contribution is 2.30. The second-order valence-corrected chi connectivity index (χ2v) is 12.5. The van der Waals surface area contributed by atoms with E-state index in [1.807, 2.05) is 0 Å². The number of esters is 1. The number of benzene rings is 1. The number of cyclic esters (lactones) is 1. The van der Waals surface area contributed by atoms with E-state index in [1.165, 1.54) is 70.3 Å². The summed E-state index contributed by atoms with van der Waals surface area (Å²) in [6.07, 6.45) is 9.53. The van der Waals surface area contributed by atoms with Gasteiger partial charge in [-0.05, 0) is 30.5 Å². The van der Waals surface area contributed by atoms with E-state index in [9.17, 15) is 24.0 Å². The number of ether oxygens (including phenoxy) is 3. The highest BCUT2D eigenvalue weighted by Gasteiger charge is 2.52. The lowest BCUT2D eigenvalue weighted by atomic mass is 9.85. The van der Waals surface area contributed by atoms with Gasteiger partial charge in [0, 0.05) is 5.41 Å². The van der Waals surface area contributed by atoms with Crippen LogP contribution in [0.15, 0.2) is 18.2 Å². The fourth-order valence-corrected chi connectivity index (χ4v) is 4.83. The van der Waals surface area contributed by atoms with E-state index in [2.05, 4.69) is 12.2 Å². The molecule has 2 atom stereocenters. The molecule has 1 aromatic rings. The van der Waals surface area contributed by atoms with Gasteiger partial charge in [0.15, 0.2) is 17.9 Å². The summed E-state index contributed by atoms with van der Waals surface area (Å²) < 4.78 is 16.0. The maximum Gasteiger partial charge on any atom is 0.418 e. The number of hydrogen-bond acceptors (Lipinski definition) is 8. The second kappa shape index (κ2) is 17.0. The van der Waals surface area contributed by atoms with E-state index in [0.717, 1.165) is 19.3 Å². The average molecular weight is 603 g/mol. The number of unbranched alkanes of at least 4 members (excludes halogenated alkanes) is 9. The van der Waals surface area contributed by atoms with Crippen LogP contribution in [0, 0.1) is 11.3 Å². The van der Waals surface area contributed by atoms with Crippen molar-refractivity contribution in [2.24, 2.45) is 11.3 Å². The van der Waals surface area contributed by atoms with Crippen molar-refractivity contribution in [2.75, 3.05) is 19.0 Å². The number of carbonyl (C=O) groups is 5. The number of nitrogens with zero attached hydrogens (tertiary/aromatic N) is 1. The largest absolute Gasteiger partial charge is 0.495 e. The Balaban J connectivity index is 2.07. The minimum absolute atomic E-state index is 0.0908. The van der Waals surface area contributed by atoms with E-state index in [0.29, 0.717) is 4.90 Å². The van der Waals surface area contributed by atoms with Gasteiger partial charge in [-0.3, -0.25) is 14.4 Å². The highest BCUT2D eigenvalue weighted by molar-refractivity contribution is 6.18. The van der Waals surface area contributed by atoms with Crippen molar-refractivity contribution in [3.63, 3.8) is 0 Å². The Morgan fingerprint density at radius 2 is 1.53 bits per heavy atom. The minimum Gasteiger partial charge on any atom is -0.495 e. The lowest BCUT2D eigenvalue weighted by Crippen LogP contribution is -2.55. The molecule has 1 aliphatic rings. The molecular formula is C33H50N2O8. The van der Waals surface area contributed by atoms with Gasteiger partial charge >= 0.3 is 12.1 Å². The van der Waals surface area contributed by atoms with E-state index in [1.54, 1.807) is 34.6 Å². The van der Waals surface area contributed by atoms with E-state index >= 15 is 0 Å². The van der Waals surface area contributed by atoms with Gasteiger partial charge in [-0.2, -0.15) is 0 Å². The zero-order chi connectivity index (χ0) is 32.2. The van der Waals surface area contributed by atoms with Crippen LogP contribution < -0.4 is 10.1 Å². The van der Waals surface area contributed by atoms with Gasteiger partial charge in [-0.25, -0.2) is 14.5 Å². The van der Waals surface area contributed by atoms with Crippen molar-refractivity contribution in [3.05, 3.63) is 23.8 Å². The second-order valence-electron chi connectivity index (χ2n) is 12.5. The topological polar surface area (TPSA) is 128 Å². The molecule has 0 aromatic heterocycles. The first kappa shape index (κ1) is 35.8. The molecule has 10 heteroatoms. The summed E-state index contributed by atoms with van der Waals surface area (Å²) in [6.45, 7) is 10.7. The van der Waals surface area contributed by atoms with Crippen LogP contribution in [0.3, 0.4) is 0 Å². The molecule has 0 saturated carbocycles. The van der Waals surface area contributed by atoms with Crippen molar-refractivity contribution in [2.45, 2.75) is 118 Å². The molecule has 0 aliphatic carbocycles. The lowest BCUT2D eigenvalue weighted by molar-refractivity contribution is -0.144. The molecule has 240 valence electrons. The predicted octanol–water partition coefficient (Wildman–Crippen LogP) is 6.70. The Labute approximate surface area is 256 Å². The molecule has 1 N–H and O–H groups in total. The van der Waals surface area contributed by atoms with Crippen LogP contribution in [-0.4, -0.2) is 60.4 Å². The quantitative estimate of drug-likeness (QED) is 0.112. The third-order valence-electron chi connectivity index (χ3n) is 7.43. The first-order chi connectivity index (χ1) is 20.3. The zero-order valence-corrected chi connectivity index (χ0v) is 27.0. The number of amides is 3. The Hall–Kier alpha value is -3.43. The maximum atomic E-state index is 13.6. The Bertz CT molecular complexity index is 1120. The summed E-state index contributed by atoms with van der Waals surface area (Å²) >= 11 is 0. The van der Waals surface area contributed by atoms with Gasteiger partial charge in [-0.1, -0.05) is 99.3 Å². The molecule has 3 amide bonds. The number of rotatable bonds is 18. The van der Waals surface area contributed by atoms with Gasteiger partial charge in [0.05, 0.1) is 25.0 Å². The number of ketones is 1. The number of nitrogens with one attached hydrogen (secondary N) is 1. The van der Waals surface area contributed by atoms with Crippen LogP contribution >= 0.6 is 0 Å². The third-order valence-corrected chi connectivity index (χ3v) is 7.43. The molecule has 1 saturated heterocycles. The minimum atomic E-state index is -1.78. The molecule has 2 rings (SSSR count). The number of hydrogen-bond donors (Lipinski definition) is 1. The average Bonchev–Trinajstić information content (AvgIpc) is 3.24. The zero-order valence-electron chi connectivity index (χ0n) is 27.0. The number of imide groups is 1. The summed E-state index contributed by atoms with van der Waals surface area (Å²) in [4.78, 5) is 66.1. The smallest absolute Gasteiger partial charge is 0.418 e. The van der Waals surface area contributed by atoms with Gasteiger partial charge in [0.2, 0.25) is 0 Å². The normalized spacial score (nSPS) is 15.8. The van der Waals surface area contributed by atoms with Crippen molar-refractivity contribution in [1.82, 2.24) is 4.90 Å². The van der Waals surface area contributed by atoms with Crippen LogP contribution in [0.1, 0.15) is 116 Å². The van der Waals surface area contributed by atoms with Gasteiger partial charge in [0.1, 0.15) is 5.75 Å². The Kier molecular flexibility index (Phi) is 14.1. The molecule has 0 spiro atoms. The Morgan fingerprint density at radius 1 is 0.953 bits per heavy atom. The van der Waals surface area contributed by atoms with E-state index in [4.69, 9.17) is 14.2 Å². The highest BCUT2D eigenvalue weighted by atomic mass is 16.6. The van der Waals surface area contributed by atoms with E-state index in [-0.39, 0.29) is 29.5 Å². The number of anilines is 1. The van der Waals surface area contributed by atoms with Crippen LogP contribution in [0.4, 0.5) is 10.5 Å². The van der Waals surface area contributed by atoms with Crippen LogP contribution in [0.25, 0.3) is 0 Å². The first-order valence-electron chi connectivity index (χ1n) is 15.6. The molecular weight excluding hydrogens is 552 g/mol. The van der Waals surface area contributed by atoms with Gasteiger partial charge < -0.3 is 19.5 Å². The third kappa shape index (κ3) is 10.4. The lowest BCUT2D eigenvalue weighted by Gasteiger charge is -2.28. The van der Waals surface area contributed by atoms with Crippen molar-refractivity contribution in [3.8, 4) is 5.75 Å². The first-order valence-corrected chi connectivity index (χ1v) is 15.6. The van der Waals surface area contributed by atoms with Crippen molar-refractivity contribution >= 4 is 35.3 Å². The number of Topliss-reactive ketones (excluding diaryl/α,β-unsaturated/α-hetero) is 1. The fourth-order valence-electron chi connectivity index (χ4n) is 4.83. The summed E-state index contributed by atoms with van der Waals surface area (Å²) in [6, 6.07) is 2.62. The summed E-state index contributed by atoms with van der Waals surface area (Å²) in [5.41, 5.74) is -0.797. The van der Waals surface area contributed by atoms with Gasteiger partial charge in [-0.15, -0.1) is 0 Å². The van der Waals surface area contributed by atoms with Crippen molar-refractivity contribution in [1.29, 1.82) is 0 Å². The molecule has 43 heavy (non-hydrogen) atoms. The molecule has 1 fully saturated rings. The van der Waals surface area contributed by atoms with Crippen molar-refractivity contribution < 1.29 is 38.2 Å². The van der Waals surface area contributed by atoms with Gasteiger partial charge in [0.25, 0.3) is 11.8 Å². The monoisotopic (exact) mass is 602 g/mol. The summed E-state index contributed by atoms with van der Waals surface area (Å²) in [5.74, 6) is -3.02. The SMILES string of the molecule is CCCCCCCCCCCCOC(=O)c1ccc(OC)c(NC(=O)C(C(=O)C(C)(C)C)N2C(=O)OC(C(C)C)C2=O)c1. The summed E-state index contributed by atoms with van der Waals surface area (Å²) in [5, 5.41) is 2.59. The molecule has 1 heterocycles. The van der Waals surface area contributed by atoms with E-state index < -0.39 is 47.2 Å². The van der Waals surface area contributed by atoms with Crippen LogP contribution in [-0.2, 0) is 23.9 Å². The molecule has 1 aromatic carbocycles. The molecule has 1 aliphatic heterocycles. The fraction of sp³-hybridized carbons (Fsp3) is 0.667. The molecule has 10 nitrogen and oxygen atoms in total. The standard InChI is InChI=1S/C33H50N2O8/c1-8-9-10-11-12-13-14-15-16-17-20-42-31(39)23-18-19-25(41-7)24(21-23)34-29(37)26(28(36)33(4,5)6)35-30(38)27(22(2)3)43-32(35)40/h18-19,21-22,26-27H,8-17,20H2,1-7H3,(H,34,37). The number of carbonyl (C=O) groups excluding carboxylic acids is 5. The maximum absolute atomic E-state index is 13.6. The van der Waals surface area contributed by atoms with Crippen LogP contribution in [0.2, 0.25) is 0 Å². The Morgan fingerprint density at radius 3 is 2.05 bits per heavy atom. The van der Waals surface area contributed by atoms with Crippen LogP contribution in [0.5, 0.6) is 5.75 Å². The number of methoxy groups -OCH3 is 1. The molecule has 0 bridgehead atoms.